The van der Waals surface area contributed by atoms with Crippen molar-refractivity contribution in [3.05, 3.63) is 29.8 Å². The number of ether oxygens (including phenoxy) is 1. The van der Waals surface area contributed by atoms with E-state index in [0.717, 1.165) is 31.9 Å². The molecule has 1 unspecified atom stereocenters. The maximum absolute atomic E-state index is 6.04. The molecule has 0 aliphatic carbocycles. The van der Waals surface area contributed by atoms with Gasteiger partial charge in [0.2, 0.25) is 0 Å². The van der Waals surface area contributed by atoms with Crippen LogP contribution in [-0.2, 0) is 0 Å². The molecule has 21 heavy (non-hydrogen) atoms. The van der Waals surface area contributed by atoms with Gasteiger partial charge in [-0.3, -0.25) is 9.80 Å². The Hall–Kier alpha value is -1.10. The largest absolute Gasteiger partial charge is 0.497 e. The molecule has 1 heterocycles. The van der Waals surface area contributed by atoms with E-state index < -0.39 is 0 Å². The lowest BCUT2D eigenvalue weighted by Gasteiger charge is -2.44. The molecule has 1 aromatic rings. The molecule has 0 amide bonds. The summed E-state index contributed by atoms with van der Waals surface area (Å²) in [7, 11) is 1.70. The van der Waals surface area contributed by atoms with E-state index in [1.165, 1.54) is 5.56 Å². The first kappa shape index (κ1) is 16.3. The third-order valence-corrected chi connectivity index (χ3v) is 4.43. The Morgan fingerprint density at radius 2 is 1.67 bits per heavy atom. The van der Waals surface area contributed by atoms with Crippen LogP contribution in [0.5, 0.6) is 5.75 Å². The highest BCUT2D eigenvalue weighted by Crippen LogP contribution is 2.25. The second-order valence-electron chi connectivity index (χ2n) is 6.72. The number of methoxy groups -OCH3 is 1. The number of nitrogens with zero attached hydrogens (tertiary/aromatic N) is 2. The van der Waals surface area contributed by atoms with Gasteiger partial charge in [0.05, 0.1) is 7.11 Å². The Kier molecular flexibility index (Phi) is 5.25. The lowest BCUT2D eigenvalue weighted by Crippen LogP contribution is -2.54. The highest BCUT2D eigenvalue weighted by Gasteiger charge is 2.29. The first-order valence-corrected chi connectivity index (χ1v) is 7.79. The summed E-state index contributed by atoms with van der Waals surface area (Å²) in [6.07, 6.45) is 0. The second-order valence-corrected chi connectivity index (χ2v) is 6.72. The van der Waals surface area contributed by atoms with Crippen molar-refractivity contribution in [2.45, 2.75) is 32.4 Å². The Morgan fingerprint density at radius 3 is 2.10 bits per heavy atom. The first-order chi connectivity index (χ1) is 9.95. The lowest BCUT2D eigenvalue weighted by molar-refractivity contribution is 0.0433. The van der Waals surface area contributed by atoms with Crippen LogP contribution in [0.25, 0.3) is 0 Å². The van der Waals surface area contributed by atoms with Crippen LogP contribution >= 0.6 is 0 Å². The summed E-state index contributed by atoms with van der Waals surface area (Å²) in [6.45, 7) is 11.9. The Labute approximate surface area is 128 Å². The number of hydrogen-bond donors (Lipinski definition) is 1. The smallest absolute Gasteiger partial charge is 0.118 e. The van der Waals surface area contributed by atoms with Crippen LogP contribution in [0.3, 0.4) is 0 Å². The second kappa shape index (κ2) is 6.77. The highest BCUT2D eigenvalue weighted by atomic mass is 16.5. The summed E-state index contributed by atoms with van der Waals surface area (Å²) in [6, 6.07) is 8.60. The topological polar surface area (TPSA) is 41.7 Å². The number of rotatable bonds is 4. The average molecular weight is 291 g/mol. The third kappa shape index (κ3) is 3.96. The van der Waals surface area contributed by atoms with E-state index in [0.29, 0.717) is 12.6 Å². The van der Waals surface area contributed by atoms with E-state index in [4.69, 9.17) is 10.5 Å². The molecule has 118 valence electrons. The van der Waals surface area contributed by atoms with Crippen molar-refractivity contribution in [2.75, 3.05) is 39.8 Å². The minimum atomic E-state index is 0.254. The summed E-state index contributed by atoms with van der Waals surface area (Å²) in [4.78, 5) is 5.05. The summed E-state index contributed by atoms with van der Waals surface area (Å²) >= 11 is 0. The van der Waals surface area contributed by atoms with E-state index >= 15 is 0 Å². The SMILES string of the molecule is COc1ccc(C(CN)N2CCN(C(C)(C)C)CC2)cc1. The quantitative estimate of drug-likeness (QED) is 0.922. The zero-order valence-corrected chi connectivity index (χ0v) is 13.8. The van der Waals surface area contributed by atoms with Gasteiger partial charge in [0.15, 0.2) is 0 Å². The molecule has 0 spiro atoms. The van der Waals surface area contributed by atoms with Gasteiger partial charge in [-0.15, -0.1) is 0 Å². The van der Waals surface area contributed by atoms with Gasteiger partial charge >= 0.3 is 0 Å². The van der Waals surface area contributed by atoms with Crippen molar-refractivity contribution in [2.24, 2.45) is 5.73 Å². The number of hydrogen-bond acceptors (Lipinski definition) is 4. The van der Waals surface area contributed by atoms with Gasteiger partial charge in [0.25, 0.3) is 0 Å². The molecule has 4 heteroatoms. The standard InChI is InChI=1S/C17H29N3O/c1-17(2,3)20-11-9-19(10-12-20)16(13-18)14-5-7-15(21-4)8-6-14/h5-8,16H,9-13,18H2,1-4H3. The van der Waals surface area contributed by atoms with Crippen molar-refractivity contribution < 1.29 is 4.74 Å². The van der Waals surface area contributed by atoms with Gasteiger partial charge in [-0.25, -0.2) is 0 Å². The first-order valence-electron chi connectivity index (χ1n) is 7.79. The molecule has 1 aromatic carbocycles. The number of piperazine rings is 1. The number of nitrogens with two attached hydrogens (primary N) is 1. The minimum absolute atomic E-state index is 0.254. The fourth-order valence-corrected chi connectivity index (χ4v) is 3.03. The van der Waals surface area contributed by atoms with Crippen LogP contribution in [0.2, 0.25) is 0 Å². The van der Waals surface area contributed by atoms with Gasteiger partial charge in [-0.05, 0) is 38.5 Å². The molecular weight excluding hydrogens is 262 g/mol. The normalized spacial score (nSPS) is 19.5. The predicted octanol–water partition coefficient (Wildman–Crippen LogP) is 2.11. The third-order valence-electron chi connectivity index (χ3n) is 4.43. The van der Waals surface area contributed by atoms with E-state index in [-0.39, 0.29) is 5.54 Å². The van der Waals surface area contributed by atoms with Gasteiger partial charge in [-0.1, -0.05) is 12.1 Å². The van der Waals surface area contributed by atoms with Crippen molar-refractivity contribution in [3.63, 3.8) is 0 Å². The number of benzene rings is 1. The molecule has 1 atom stereocenters. The zero-order chi connectivity index (χ0) is 15.5. The van der Waals surface area contributed by atoms with Gasteiger partial charge in [0, 0.05) is 44.3 Å². The van der Waals surface area contributed by atoms with Crippen LogP contribution in [0.15, 0.2) is 24.3 Å². The summed E-state index contributed by atoms with van der Waals surface area (Å²) < 4.78 is 5.23. The van der Waals surface area contributed by atoms with E-state index in [2.05, 4.69) is 42.7 Å². The van der Waals surface area contributed by atoms with Crippen LogP contribution in [0, 0.1) is 0 Å². The van der Waals surface area contributed by atoms with Crippen molar-refractivity contribution in [3.8, 4) is 5.75 Å². The molecule has 0 radical (unpaired) electrons. The maximum Gasteiger partial charge on any atom is 0.118 e. The van der Waals surface area contributed by atoms with Gasteiger partial charge in [0.1, 0.15) is 5.75 Å². The monoisotopic (exact) mass is 291 g/mol. The van der Waals surface area contributed by atoms with Crippen LogP contribution in [0.1, 0.15) is 32.4 Å². The van der Waals surface area contributed by atoms with Gasteiger partial charge in [-0.2, -0.15) is 0 Å². The van der Waals surface area contributed by atoms with Crippen molar-refractivity contribution >= 4 is 0 Å². The van der Waals surface area contributed by atoms with E-state index in [9.17, 15) is 0 Å². The maximum atomic E-state index is 6.04. The van der Waals surface area contributed by atoms with Crippen LogP contribution < -0.4 is 10.5 Å². The Morgan fingerprint density at radius 1 is 1.10 bits per heavy atom. The molecule has 0 saturated carbocycles. The molecule has 1 aliphatic heterocycles. The van der Waals surface area contributed by atoms with E-state index in [1.54, 1.807) is 7.11 Å². The molecular formula is C17H29N3O. The fraction of sp³-hybridized carbons (Fsp3) is 0.647. The molecule has 0 bridgehead atoms. The van der Waals surface area contributed by atoms with Crippen LogP contribution in [-0.4, -0.2) is 55.2 Å². The molecule has 1 aliphatic rings. The molecule has 1 saturated heterocycles. The molecule has 0 aromatic heterocycles. The molecule has 1 fully saturated rings. The Balaban J connectivity index is 2.02. The van der Waals surface area contributed by atoms with Crippen molar-refractivity contribution in [1.29, 1.82) is 0 Å². The molecule has 2 N–H and O–H groups in total. The zero-order valence-electron chi connectivity index (χ0n) is 13.8. The lowest BCUT2D eigenvalue weighted by atomic mass is 10.0. The summed E-state index contributed by atoms with van der Waals surface area (Å²) in [5, 5.41) is 0. The highest BCUT2D eigenvalue weighted by molar-refractivity contribution is 5.29. The minimum Gasteiger partial charge on any atom is -0.497 e. The predicted molar refractivity (Wildman–Crippen MR) is 87.7 cm³/mol. The van der Waals surface area contributed by atoms with Crippen LogP contribution in [0.4, 0.5) is 0 Å². The average Bonchev–Trinajstić information content (AvgIpc) is 2.48. The molecule has 2 rings (SSSR count). The van der Waals surface area contributed by atoms with E-state index in [1.807, 2.05) is 12.1 Å². The van der Waals surface area contributed by atoms with Crippen molar-refractivity contribution in [1.82, 2.24) is 9.80 Å². The summed E-state index contributed by atoms with van der Waals surface area (Å²) in [5.74, 6) is 0.895. The fourth-order valence-electron chi connectivity index (χ4n) is 3.03. The van der Waals surface area contributed by atoms with Gasteiger partial charge < -0.3 is 10.5 Å². The Bertz CT molecular complexity index is 430. The summed E-state index contributed by atoms with van der Waals surface area (Å²) in [5.41, 5.74) is 7.57. The molecule has 4 nitrogen and oxygen atoms in total.